The minimum atomic E-state index is -0.232. The summed E-state index contributed by atoms with van der Waals surface area (Å²) in [6.07, 6.45) is 0. The van der Waals surface area contributed by atoms with Gasteiger partial charge in [0.15, 0.2) is 5.82 Å². The van der Waals surface area contributed by atoms with E-state index in [1.54, 1.807) is 13.1 Å². The first-order chi connectivity index (χ1) is 9.79. The highest BCUT2D eigenvalue weighted by molar-refractivity contribution is 5.86. The van der Waals surface area contributed by atoms with Crippen LogP contribution in [0.3, 0.4) is 0 Å². The van der Waals surface area contributed by atoms with E-state index in [0.29, 0.717) is 11.5 Å². The van der Waals surface area contributed by atoms with Crippen LogP contribution in [0, 0.1) is 0 Å². The van der Waals surface area contributed by atoms with Gasteiger partial charge in [0.1, 0.15) is 0 Å². The number of rotatable bonds is 3. The zero-order valence-corrected chi connectivity index (χ0v) is 10.8. The first-order valence-corrected chi connectivity index (χ1v) is 6.17. The second-order valence-electron chi connectivity index (χ2n) is 4.24. The van der Waals surface area contributed by atoms with E-state index in [0.717, 1.165) is 16.8 Å². The van der Waals surface area contributed by atoms with Crippen molar-refractivity contribution in [3.8, 4) is 22.5 Å². The Kier molecular flexibility index (Phi) is 3.04. The van der Waals surface area contributed by atoms with Crippen molar-refractivity contribution in [1.82, 2.24) is 20.4 Å². The van der Waals surface area contributed by atoms with Gasteiger partial charge < -0.3 is 5.32 Å². The molecule has 2 aromatic heterocycles. The van der Waals surface area contributed by atoms with Crippen LogP contribution in [0.25, 0.3) is 22.5 Å². The molecule has 3 aromatic rings. The smallest absolute Gasteiger partial charge is 0.264 e. The highest BCUT2D eigenvalue weighted by Crippen LogP contribution is 2.33. The zero-order chi connectivity index (χ0) is 13.9. The van der Waals surface area contributed by atoms with Gasteiger partial charge in [0.05, 0.1) is 17.0 Å². The van der Waals surface area contributed by atoms with Gasteiger partial charge in [-0.1, -0.05) is 30.3 Å². The van der Waals surface area contributed by atoms with Crippen molar-refractivity contribution < 1.29 is 0 Å². The normalized spacial score (nSPS) is 10.4. The van der Waals surface area contributed by atoms with Crippen molar-refractivity contribution in [2.75, 3.05) is 12.4 Å². The van der Waals surface area contributed by atoms with Crippen LogP contribution in [0.2, 0.25) is 0 Å². The summed E-state index contributed by atoms with van der Waals surface area (Å²) >= 11 is 0. The Morgan fingerprint density at radius 2 is 1.80 bits per heavy atom. The lowest BCUT2D eigenvalue weighted by Crippen LogP contribution is -2.06. The molecule has 0 aliphatic heterocycles. The summed E-state index contributed by atoms with van der Waals surface area (Å²) < 4.78 is 0. The number of anilines is 1. The predicted molar refractivity (Wildman–Crippen MR) is 77.4 cm³/mol. The van der Waals surface area contributed by atoms with Gasteiger partial charge in [-0.3, -0.25) is 9.89 Å². The Morgan fingerprint density at radius 3 is 2.45 bits per heavy atom. The molecule has 100 valence electrons. The van der Waals surface area contributed by atoms with Crippen molar-refractivity contribution >= 4 is 5.82 Å². The van der Waals surface area contributed by atoms with Gasteiger partial charge in [-0.25, -0.2) is 5.10 Å². The summed E-state index contributed by atoms with van der Waals surface area (Å²) in [7, 11) is 1.79. The molecule has 0 fully saturated rings. The average molecular weight is 267 g/mol. The van der Waals surface area contributed by atoms with Crippen LogP contribution in [0.15, 0.2) is 47.3 Å². The van der Waals surface area contributed by atoms with Crippen molar-refractivity contribution in [3.63, 3.8) is 0 Å². The van der Waals surface area contributed by atoms with Crippen molar-refractivity contribution in [1.29, 1.82) is 0 Å². The van der Waals surface area contributed by atoms with E-state index in [2.05, 4.69) is 25.7 Å². The van der Waals surface area contributed by atoms with Gasteiger partial charge in [-0.05, 0) is 6.07 Å². The van der Waals surface area contributed by atoms with Gasteiger partial charge in [-0.2, -0.15) is 10.2 Å². The molecular formula is C14H13N5O. The van der Waals surface area contributed by atoms with Gasteiger partial charge in [0.2, 0.25) is 0 Å². The molecule has 0 saturated carbocycles. The first kappa shape index (κ1) is 12.2. The third-order valence-electron chi connectivity index (χ3n) is 3.00. The van der Waals surface area contributed by atoms with E-state index in [1.807, 2.05) is 30.3 Å². The van der Waals surface area contributed by atoms with Gasteiger partial charge in [0.25, 0.3) is 5.56 Å². The lowest BCUT2D eigenvalue weighted by molar-refractivity contribution is 0.996. The highest BCUT2D eigenvalue weighted by Gasteiger charge is 2.16. The number of hydrogen-bond acceptors (Lipinski definition) is 4. The maximum Gasteiger partial charge on any atom is 0.264 e. The molecule has 6 heteroatoms. The monoisotopic (exact) mass is 267 g/mol. The number of nitrogens with one attached hydrogen (secondary N) is 3. The van der Waals surface area contributed by atoms with Crippen molar-refractivity contribution in [3.05, 3.63) is 52.8 Å². The molecule has 0 aliphatic rings. The molecule has 0 bridgehead atoms. The fourth-order valence-electron chi connectivity index (χ4n) is 2.07. The molecule has 3 N–H and O–H groups in total. The standard InChI is InChI=1S/C14H13N5O/c1-15-14-12(10-7-8-11(20)17-16-10)13(18-19-14)9-5-3-2-4-6-9/h2-8H,1H3,(H,17,20)(H2,15,18,19). The summed E-state index contributed by atoms with van der Waals surface area (Å²) in [4.78, 5) is 11.1. The van der Waals surface area contributed by atoms with Gasteiger partial charge in [-0.15, -0.1) is 0 Å². The van der Waals surface area contributed by atoms with E-state index in [-0.39, 0.29) is 5.56 Å². The van der Waals surface area contributed by atoms with E-state index in [9.17, 15) is 4.79 Å². The lowest BCUT2D eigenvalue weighted by Gasteiger charge is -2.04. The fourth-order valence-corrected chi connectivity index (χ4v) is 2.07. The van der Waals surface area contributed by atoms with Gasteiger partial charge >= 0.3 is 0 Å². The van der Waals surface area contributed by atoms with Crippen LogP contribution in [-0.4, -0.2) is 27.4 Å². The highest BCUT2D eigenvalue weighted by atomic mass is 16.1. The lowest BCUT2D eigenvalue weighted by atomic mass is 10.0. The first-order valence-electron chi connectivity index (χ1n) is 6.17. The number of aromatic amines is 2. The third-order valence-corrected chi connectivity index (χ3v) is 3.00. The van der Waals surface area contributed by atoms with Crippen LogP contribution in [0.5, 0.6) is 0 Å². The minimum Gasteiger partial charge on any atom is -0.371 e. The Hall–Kier alpha value is -2.89. The summed E-state index contributed by atoms with van der Waals surface area (Å²) in [5.74, 6) is 0.684. The Bertz CT molecular complexity index is 755. The maximum absolute atomic E-state index is 11.1. The van der Waals surface area contributed by atoms with E-state index in [1.165, 1.54) is 6.07 Å². The quantitative estimate of drug-likeness (QED) is 0.676. The predicted octanol–water partition coefficient (Wildman–Crippen LogP) is 1.87. The third kappa shape index (κ3) is 2.07. The van der Waals surface area contributed by atoms with Crippen molar-refractivity contribution in [2.45, 2.75) is 0 Å². The summed E-state index contributed by atoms with van der Waals surface area (Å²) in [5.41, 5.74) is 3.11. The summed E-state index contributed by atoms with van der Waals surface area (Å²) in [6, 6.07) is 13.0. The van der Waals surface area contributed by atoms with E-state index in [4.69, 9.17) is 0 Å². The molecular weight excluding hydrogens is 254 g/mol. The molecule has 0 amide bonds. The number of nitrogens with zero attached hydrogens (tertiary/aromatic N) is 2. The van der Waals surface area contributed by atoms with Crippen LogP contribution < -0.4 is 10.9 Å². The Balaban J connectivity index is 2.20. The van der Waals surface area contributed by atoms with Crippen LogP contribution in [0.1, 0.15) is 0 Å². The molecule has 0 atom stereocenters. The molecule has 3 rings (SSSR count). The molecule has 0 radical (unpaired) electrons. The van der Waals surface area contributed by atoms with Crippen molar-refractivity contribution in [2.24, 2.45) is 0 Å². The SMILES string of the molecule is CNc1n[nH]c(-c2ccccc2)c1-c1ccc(=O)[nH]n1. The summed E-state index contributed by atoms with van der Waals surface area (Å²) in [6.45, 7) is 0. The number of aromatic nitrogens is 4. The molecule has 2 heterocycles. The van der Waals surface area contributed by atoms with E-state index < -0.39 is 0 Å². The average Bonchev–Trinajstić information content (AvgIpc) is 2.93. The van der Waals surface area contributed by atoms with Crippen LogP contribution in [-0.2, 0) is 0 Å². The van der Waals surface area contributed by atoms with Crippen LogP contribution >= 0.6 is 0 Å². The molecule has 20 heavy (non-hydrogen) atoms. The molecule has 6 nitrogen and oxygen atoms in total. The number of hydrogen-bond donors (Lipinski definition) is 3. The minimum absolute atomic E-state index is 0.232. The largest absolute Gasteiger partial charge is 0.371 e. The molecule has 0 saturated heterocycles. The molecule has 1 aromatic carbocycles. The summed E-state index contributed by atoms with van der Waals surface area (Å²) in [5, 5.41) is 16.8. The molecule has 0 spiro atoms. The second kappa shape index (κ2) is 5.00. The number of benzene rings is 1. The van der Waals surface area contributed by atoms with E-state index >= 15 is 0 Å². The van der Waals surface area contributed by atoms with Gasteiger partial charge in [0, 0.05) is 18.7 Å². The topological polar surface area (TPSA) is 86.5 Å². The number of H-pyrrole nitrogens is 2. The molecule has 0 aliphatic carbocycles. The second-order valence-corrected chi connectivity index (χ2v) is 4.24. The van der Waals surface area contributed by atoms with Crippen LogP contribution in [0.4, 0.5) is 5.82 Å². The molecule has 0 unspecified atom stereocenters. The zero-order valence-electron chi connectivity index (χ0n) is 10.8. The fraction of sp³-hybridized carbons (Fsp3) is 0.0714. The Labute approximate surface area is 114 Å². The maximum atomic E-state index is 11.1. The Morgan fingerprint density at radius 1 is 1.00 bits per heavy atom.